The summed E-state index contributed by atoms with van der Waals surface area (Å²) in [7, 11) is 0. The minimum absolute atomic E-state index is 0.0515. The third-order valence-corrected chi connectivity index (χ3v) is 6.06. The Balaban J connectivity index is 1.23. The standard InChI is InChI=1S/C24H20FN9O3/c25-20-11-18(34-19(15-37-24(34)35)14-36-23-6-2-17(13-27)29-31-23)3-4-21(20)32-7-9-33(10-8-32)22-5-1-16(12-26)28-30-22/h1-6,11,19H,7-10,14-15H2/t19-/m1/s1. The smallest absolute Gasteiger partial charge is 0.414 e. The van der Waals surface area contributed by atoms with Crippen LogP contribution >= 0.6 is 0 Å². The normalized spacial score (nSPS) is 17.2. The number of rotatable bonds is 6. The predicted molar refractivity (Wildman–Crippen MR) is 127 cm³/mol. The molecule has 0 unspecified atom stereocenters. The first-order valence-electron chi connectivity index (χ1n) is 11.4. The van der Waals surface area contributed by atoms with E-state index in [4.69, 9.17) is 20.0 Å². The van der Waals surface area contributed by atoms with Crippen molar-refractivity contribution in [1.82, 2.24) is 20.4 Å². The molecule has 3 aromatic rings. The number of halogens is 1. The number of cyclic esters (lactones) is 1. The van der Waals surface area contributed by atoms with Crippen molar-refractivity contribution in [2.24, 2.45) is 0 Å². The van der Waals surface area contributed by atoms with E-state index < -0.39 is 18.0 Å². The van der Waals surface area contributed by atoms with E-state index in [1.807, 2.05) is 21.9 Å². The van der Waals surface area contributed by atoms with Crippen LogP contribution in [0.25, 0.3) is 0 Å². The molecule has 0 N–H and O–H groups in total. The molecule has 0 radical (unpaired) electrons. The number of nitriles is 2. The minimum atomic E-state index is -0.594. The maximum atomic E-state index is 15.2. The Morgan fingerprint density at radius 1 is 0.946 bits per heavy atom. The zero-order valence-electron chi connectivity index (χ0n) is 19.5. The van der Waals surface area contributed by atoms with E-state index in [-0.39, 0.29) is 30.5 Å². The molecule has 0 saturated carbocycles. The van der Waals surface area contributed by atoms with Crippen molar-refractivity contribution in [3.63, 3.8) is 0 Å². The summed E-state index contributed by atoms with van der Waals surface area (Å²) in [6, 6.07) is 14.3. The van der Waals surface area contributed by atoms with Crippen molar-refractivity contribution in [3.05, 3.63) is 59.7 Å². The fraction of sp³-hybridized carbons (Fsp3) is 0.292. The van der Waals surface area contributed by atoms with Gasteiger partial charge in [0.05, 0.1) is 11.4 Å². The zero-order chi connectivity index (χ0) is 25.8. The molecule has 2 saturated heterocycles. The van der Waals surface area contributed by atoms with Crippen molar-refractivity contribution in [3.8, 4) is 18.0 Å². The van der Waals surface area contributed by atoms with E-state index in [2.05, 4.69) is 20.4 Å². The van der Waals surface area contributed by atoms with Gasteiger partial charge < -0.3 is 19.3 Å². The average molecular weight is 501 g/mol. The number of ether oxygens (including phenoxy) is 2. The molecule has 1 atom stereocenters. The van der Waals surface area contributed by atoms with Crippen molar-refractivity contribution in [2.75, 3.05) is 54.1 Å². The maximum absolute atomic E-state index is 15.2. The molecular weight excluding hydrogens is 481 g/mol. The molecule has 1 aromatic carbocycles. The SMILES string of the molecule is N#Cc1ccc(OC[C@@H]2COC(=O)N2c2ccc(N3CCN(c4ccc(C#N)nn4)CC3)c(F)c2)nn1. The summed E-state index contributed by atoms with van der Waals surface area (Å²) in [5.41, 5.74) is 1.20. The lowest BCUT2D eigenvalue weighted by atomic mass is 10.2. The summed E-state index contributed by atoms with van der Waals surface area (Å²) in [6.07, 6.45) is -0.594. The first-order valence-corrected chi connectivity index (χ1v) is 11.4. The van der Waals surface area contributed by atoms with Crippen LogP contribution in [0, 0.1) is 28.5 Å². The largest absolute Gasteiger partial charge is 0.474 e. The number of carbonyl (C=O) groups excluding carboxylic acids is 1. The Hall–Kier alpha value is -5.04. The molecule has 2 aromatic heterocycles. The van der Waals surface area contributed by atoms with Crippen LogP contribution in [0.3, 0.4) is 0 Å². The highest BCUT2D eigenvalue weighted by Crippen LogP contribution is 2.30. The van der Waals surface area contributed by atoms with Gasteiger partial charge in [0.1, 0.15) is 37.2 Å². The minimum Gasteiger partial charge on any atom is -0.474 e. The van der Waals surface area contributed by atoms with Gasteiger partial charge in [0.15, 0.2) is 17.2 Å². The summed E-state index contributed by atoms with van der Waals surface area (Å²) in [5, 5.41) is 33.2. The number of hydrogen-bond donors (Lipinski definition) is 0. The van der Waals surface area contributed by atoms with Crippen LogP contribution in [-0.4, -0.2) is 71.9 Å². The molecule has 0 aliphatic carbocycles. The van der Waals surface area contributed by atoms with Crippen molar-refractivity contribution in [2.45, 2.75) is 6.04 Å². The molecule has 0 spiro atoms. The first kappa shape index (κ1) is 23.7. The first-order chi connectivity index (χ1) is 18.1. The summed E-state index contributed by atoms with van der Waals surface area (Å²) in [4.78, 5) is 17.7. The van der Waals surface area contributed by atoms with E-state index in [0.717, 1.165) is 0 Å². The van der Waals surface area contributed by atoms with Gasteiger partial charge in [0.2, 0.25) is 5.88 Å². The molecule has 1 amide bonds. The van der Waals surface area contributed by atoms with E-state index in [1.54, 1.807) is 24.3 Å². The van der Waals surface area contributed by atoms with Gasteiger partial charge in [0, 0.05) is 32.2 Å². The molecule has 12 nitrogen and oxygen atoms in total. The second-order valence-corrected chi connectivity index (χ2v) is 8.28. The van der Waals surface area contributed by atoms with Crippen molar-refractivity contribution < 1.29 is 18.7 Å². The lowest BCUT2D eigenvalue weighted by Crippen LogP contribution is -2.47. The molecule has 186 valence electrons. The number of carbonyl (C=O) groups is 1. The van der Waals surface area contributed by atoms with Gasteiger partial charge in [-0.2, -0.15) is 10.5 Å². The summed E-state index contributed by atoms with van der Waals surface area (Å²) in [5.74, 6) is 0.412. The number of hydrogen-bond acceptors (Lipinski definition) is 11. The Labute approximate surface area is 211 Å². The quantitative estimate of drug-likeness (QED) is 0.488. The Morgan fingerprint density at radius 2 is 1.65 bits per heavy atom. The predicted octanol–water partition coefficient (Wildman–Crippen LogP) is 1.88. The average Bonchev–Trinajstić information content (AvgIpc) is 3.32. The molecule has 2 fully saturated rings. The number of aromatic nitrogens is 4. The van der Waals surface area contributed by atoms with Crippen LogP contribution in [0.5, 0.6) is 5.88 Å². The van der Waals surface area contributed by atoms with Gasteiger partial charge in [-0.05, 0) is 36.4 Å². The van der Waals surface area contributed by atoms with E-state index in [1.165, 1.54) is 23.1 Å². The molecular formula is C24H20FN9O3. The number of nitrogens with zero attached hydrogens (tertiary/aromatic N) is 9. The van der Waals surface area contributed by atoms with Gasteiger partial charge in [-0.25, -0.2) is 9.18 Å². The number of amides is 1. The van der Waals surface area contributed by atoms with Gasteiger partial charge in [-0.15, -0.1) is 20.4 Å². The molecule has 0 bridgehead atoms. The summed E-state index contributed by atoms with van der Waals surface area (Å²) >= 11 is 0. The Kier molecular flexibility index (Phi) is 6.59. The third kappa shape index (κ3) is 5.01. The van der Waals surface area contributed by atoms with Gasteiger partial charge in [0.25, 0.3) is 0 Å². The van der Waals surface area contributed by atoms with Gasteiger partial charge in [-0.3, -0.25) is 4.90 Å². The molecule has 13 heteroatoms. The van der Waals surface area contributed by atoms with Crippen LogP contribution in [0.2, 0.25) is 0 Å². The van der Waals surface area contributed by atoms with E-state index in [9.17, 15) is 4.79 Å². The fourth-order valence-electron chi connectivity index (χ4n) is 4.17. The number of anilines is 3. The van der Waals surface area contributed by atoms with Crippen LogP contribution < -0.4 is 19.4 Å². The second-order valence-electron chi connectivity index (χ2n) is 8.28. The topological polar surface area (TPSA) is 144 Å². The molecule has 2 aliphatic heterocycles. The highest BCUT2D eigenvalue weighted by molar-refractivity contribution is 5.90. The van der Waals surface area contributed by atoms with Gasteiger partial charge in [-0.1, -0.05) is 0 Å². The van der Waals surface area contributed by atoms with Gasteiger partial charge >= 0.3 is 6.09 Å². The maximum Gasteiger partial charge on any atom is 0.414 e. The molecule has 2 aliphatic rings. The van der Waals surface area contributed by atoms with Crippen LogP contribution in [0.1, 0.15) is 11.4 Å². The molecule has 37 heavy (non-hydrogen) atoms. The van der Waals surface area contributed by atoms with Crippen LogP contribution in [0.4, 0.5) is 26.4 Å². The Bertz CT molecular complexity index is 1360. The summed E-state index contributed by atoms with van der Waals surface area (Å²) in [6.45, 7) is 2.47. The highest BCUT2D eigenvalue weighted by Gasteiger charge is 2.35. The Morgan fingerprint density at radius 3 is 2.27 bits per heavy atom. The van der Waals surface area contributed by atoms with Crippen molar-refractivity contribution in [1.29, 1.82) is 10.5 Å². The van der Waals surface area contributed by atoms with Crippen LogP contribution in [-0.2, 0) is 4.74 Å². The number of benzene rings is 1. The van der Waals surface area contributed by atoms with E-state index >= 15 is 4.39 Å². The second kappa shape index (κ2) is 10.3. The molecule has 5 rings (SSSR count). The lowest BCUT2D eigenvalue weighted by Gasteiger charge is -2.36. The van der Waals surface area contributed by atoms with Crippen molar-refractivity contribution >= 4 is 23.3 Å². The monoisotopic (exact) mass is 501 g/mol. The zero-order valence-corrected chi connectivity index (χ0v) is 19.5. The third-order valence-electron chi connectivity index (χ3n) is 6.06. The van der Waals surface area contributed by atoms with E-state index in [0.29, 0.717) is 43.4 Å². The summed E-state index contributed by atoms with van der Waals surface area (Å²) < 4.78 is 26.0. The number of piperazine rings is 1. The van der Waals surface area contributed by atoms with Crippen LogP contribution in [0.15, 0.2) is 42.5 Å². The fourth-order valence-corrected chi connectivity index (χ4v) is 4.17. The highest BCUT2D eigenvalue weighted by atomic mass is 19.1. The lowest BCUT2D eigenvalue weighted by molar-refractivity contribution is 0.174. The molecule has 4 heterocycles.